The van der Waals surface area contributed by atoms with E-state index >= 15 is 0 Å². The third-order valence-corrected chi connectivity index (χ3v) is 4.42. The van der Waals surface area contributed by atoms with Crippen molar-refractivity contribution >= 4 is 16.0 Å². The van der Waals surface area contributed by atoms with E-state index in [1.807, 2.05) is 6.92 Å². The SMILES string of the molecule is CC1Cc2cc(S(=O)(=O)NC(C)C(=O)O)ccc2O1. The maximum Gasteiger partial charge on any atom is 0.321 e. The van der Waals surface area contributed by atoms with E-state index in [9.17, 15) is 13.2 Å². The summed E-state index contributed by atoms with van der Waals surface area (Å²) in [6.45, 7) is 3.18. The molecule has 104 valence electrons. The second-order valence-corrected chi connectivity index (χ2v) is 6.30. The van der Waals surface area contributed by atoms with E-state index in [1.165, 1.54) is 19.1 Å². The van der Waals surface area contributed by atoms with Gasteiger partial charge in [0.05, 0.1) is 4.90 Å². The van der Waals surface area contributed by atoms with E-state index < -0.39 is 22.0 Å². The van der Waals surface area contributed by atoms with Crippen LogP contribution in [0.15, 0.2) is 23.1 Å². The van der Waals surface area contributed by atoms with Crippen LogP contribution in [-0.2, 0) is 21.2 Å². The second-order valence-electron chi connectivity index (χ2n) is 4.58. The first-order valence-electron chi connectivity index (χ1n) is 5.84. The molecule has 2 atom stereocenters. The monoisotopic (exact) mass is 285 g/mol. The molecule has 0 amide bonds. The van der Waals surface area contributed by atoms with Crippen molar-refractivity contribution in [2.45, 2.75) is 37.3 Å². The summed E-state index contributed by atoms with van der Waals surface area (Å²) in [6.07, 6.45) is 0.673. The van der Waals surface area contributed by atoms with Crippen molar-refractivity contribution in [3.63, 3.8) is 0 Å². The van der Waals surface area contributed by atoms with Crippen LogP contribution in [0.1, 0.15) is 19.4 Å². The summed E-state index contributed by atoms with van der Waals surface area (Å²) in [5.41, 5.74) is 0.818. The molecular formula is C12H15NO5S. The molecule has 1 aromatic rings. The van der Waals surface area contributed by atoms with Gasteiger partial charge in [-0.3, -0.25) is 4.79 Å². The topological polar surface area (TPSA) is 92.7 Å². The fourth-order valence-electron chi connectivity index (χ4n) is 1.92. The molecule has 0 aromatic heterocycles. The lowest BCUT2D eigenvalue weighted by molar-refractivity contribution is -0.138. The smallest absolute Gasteiger partial charge is 0.321 e. The number of sulfonamides is 1. The number of carboxylic acids is 1. The molecule has 1 aliphatic rings. The fraction of sp³-hybridized carbons (Fsp3) is 0.417. The average molecular weight is 285 g/mol. The van der Waals surface area contributed by atoms with Crippen molar-refractivity contribution in [2.75, 3.05) is 0 Å². The van der Waals surface area contributed by atoms with E-state index in [4.69, 9.17) is 9.84 Å². The molecule has 0 bridgehead atoms. The maximum absolute atomic E-state index is 12.0. The van der Waals surface area contributed by atoms with Crippen molar-refractivity contribution < 1.29 is 23.1 Å². The van der Waals surface area contributed by atoms with E-state index in [-0.39, 0.29) is 11.0 Å². The Kier molecular flexibility index (Phi) is 3.51. The van der Waals surface area contributed by atoms with Crippen LogP contribution in [-0.4, -0.2) is 31.6 Å². The zero-order valence-corrected chi connectivity index (χ0v) is 11.4. The number of carboxylic acid groups (broad SMARTS) is 1. The molecule has 19 heavy (non-hydrogen) atoms. The van der Waals surface area contributed by atoms with Gasteiger partial charge in [0.2, 0.25) is 10.0 Å². The molecule has 1 aliphatic heterocycles. The third kappa shape index (κ3) is 2.87. The number of carbonyl (C=O) groups is 1. The van der Waals surface area contributed by atoms with Gasteiger partial charge >= 0.3 is 5.97 Å². The largest absolute Gasteiger partial charge is 0.490 e. The Bertz CT molecular complexity index is 611. The lowest BCUT2D eigenvalue weighted by Gasteiger charge is -2.10. The Morgan fingerprint density at radius 1 is 1.53 bits per heavy atom. The molecule has 2 rings (SSSR count). The van der Waals surface area contributed by atoms with E-state index in [1.54, 1.807) is 6.07 Å². The molecular weight excluding hydrogens is 270 g/mol. The predicted molar refractivity (Wildman–Crippen MR) is 67.7 cm³/mol. The molecule has 0 aliphatic carbocycles. The van der Waals surface area contributed by atoms with Crippen LogP contribution in [0.25, 0.3) is 0 Å². The second kappa shape index (κ2) is 4.82. The number of ether oxygens (including phenoxy) is 1. The lowest BCUT2D eigenvalue weighted by Crippen LogP contribution is -2.38. The summed E-state index contributed by atoms with van der Waals surface area (Å²) in [4.78, 5) is 10.7. The molecule has 0 saturated heterocycles. The van der Waals surface area contributed by atoms with E-state index in [0.717, 1.165) is 5.56 Å². The predicted octanol–water partition coefficient (Wildman–Crippen LogP) is 0.761. The van der Waals surface area contributed by atoms with Crippen molar-refractivity contribution in [3.05, 3.63) is 23.8 Å². The highest BCUT2D eigenvalue weighted by molar-refractivity contribution is 7.89. The molecule has 2 N–H and O–H groups in total. The number of fused-ring (bicyclic) bond motifs is 1. The molecule has 0 spiro atoms. The first-order valence-corrected chi connectivity index (χ1v) is 7.32. The van der Waals surface area contributed by atoms with Crippen LogP contribution in [0.3, 0.4) is 0 Å². The minimum absolute atomic E-state index is 0.0267. The molecule has 0 radical (unpaired) electrons. The van der Waals surface area contributed by atoms with Crippen molar-refractivity contribution in [1.82, 2.24) is 4.72 Å². The van der Waals surface area contributed by atoms with Crippen molar-refractivity contribution in [1.29, 1.82) is 0 Å². The fourth-order valence-corrected chi connectivity index (χ4v) is 3.16. The summed E-state index contributed by atoms with van der Waals surface area (Å²) in [6, 6.07) is 3.36. The third-order valence-electron chi connectivity index (χ3n) is 2.88. The van der Waals surface area contributed by atoms with Gasteiger partial charge in [-0.15, -0.1) is 0 Å². The summed E-state index contributed by atoms with van der Waals surface area (Å²) in [5.74, 6) is -0.542. The Morgan fingerprint density at radius 2 is 2.21 bits per heavy atom. The normalized spacial score (nSPS) is 19.6. The van der Waals surface area contributed by atoms with E-state index in [2.05, 4.69) is 4.72 Å². The number of aliphatic carboxylic acids is 1. The Balaban J connectivity index is 2.27. The van der Waals surface area contributed by atoms with Gasteiger partial charge in [0, 0.05) is 6.42 Å². The van der Waals surface area contributed by atoms with Gasteiger partial charge in [0.25, 0.3) is 0 Å². The standard InChI is InChI=1S/C12H15NO5S/c1-7-5-9-6-10(3-4-11(9)18-7)19(16,17)13-8(2)12(14)15/h3-4,6-8,13H,5H2,1-2H3,(H,14,15). The Labute approximate surface area is 111 Å². The number of hydrogen-bond acceptors (Lipinski definition) is 4. The molecule has 0 saturated carbocycles. The van der Waals surface area contributed by atoms with Gasteiger partial charge in [-0.05, 0) is 37.6 Å². The van der Waals surface area contributed by atoms with Crippen LogP contribution in [0, 0.1) is 0 Å². The average Bonchev–Trinajstić information content (AvgIpc) is 2.67. The number of rotatable bonds is 4. The first-order chi connectivity index (χ1) is 8.79. The molecule has 2 unspecified atom stereocenters. The van der Waals surface area contributed by atoms with Crippen molar-refractivity contribution in [3.8, 4) is 5.75 Å². The van der Waals surface area contributed by atoms with Gasteiger partial charge in [0.1, 0.15) is 17.9 Å². The molecule has 0 fully saturated rings. The highest BCUT2D eigenvalue weighted by atomic mass is 32.2. The van der Waals surface area contributed by atoms with Crippen LogP contribution in [0.4, 0.5) is 0 Å². The van der Waals surface area contributed by atoms with Crippen LogP contribution >= 0.6 is 0 Å². The summed E-state index contributed by atoms with van der Waals surface area (Å²) >= 11 is 0. The first kappa shape index (κ1) is 13.8. The summed E-state index contributed by atoms with van der Waals surface area (Å²) in [7, 11) is -3.83. The summed E-state index contributed by atoms with van der Waals surface area (Å²) < 4.78 is 31.6. The van der Waals surface area contributed by atoms with Gasteiger partial charge < -0.3 is 9.84 Å². The molecule has 1 aromatic carbocycles. The number of hydrogen-bond donors (Lipinski definition) is 2. The van der Waals surface area contributed by atoms with Gasteiger partial charge in [0.15, 0.2) is 0 Å². The Morgan fingerprint density at radius 3 is 2.84 bits per heavy atom. The summed E-state index contributed by atoms with van der Waals surface area (Å²) in [5, 5.41) is 8.73. The number of nitrogens with one attached hydrogen (secondary N) is 1. The molecule has 6 nitrogen and oxygen atoms in total. The zero-order valence-electron chi connectivity index (χ0n) is 10.6. The van der Waals surface area contributed by atoms with Crippen LogP contribution in [0.2, 0.25) is 0 Å². The Hall–Kier alpha value is -1.60. The van der Waals surface area contributed by atoms with Gasteiger partial charge in [-0.2, -0.15) is 4.72 Å². The quantitative estimate of drug-likeness (QED) is 0.852. The van der Waals surface area contributed by atoms with Crippen LogP contribution < -0.4 is 9.46 Å². The maximum atomic E-state index is 12.0. The molecule has 1 heterocycles. The zero-order chi connectivity index (χ0) is 14.2. The van der Waals surface area contributed by atoms with E-state index in [0.29, 0.717) is 12.2 Å². The number of benzene rings is 1. The van der Waals surface area contributed by atoms with Crippen molar-refractivity contribution in [2.24, 2.45) is 0 Å². The minimum Gasteiger partial charge on any atom is -0.490 e. The van der Waals surface area contributed by atoms with Gasteiger partial charge in [-0.1, -0.05) is 0 Å². The minimum atomic E-state index is -3.83. The highest BCUT2D eigenvalue weighted by Gasteiger charge is 2.25. The lowest BCUT2D eigenvalue weighted by atomic mass is 10.1. The molecule has 7 heteroatoms. The van der Waals surface area contributed by atoms with Crippen LogP contribution in [0.5, 0.6) is 5.75 Å². The highest BCUT2D eigenvalue weighted by Crippen LogP contribution is 2.30. The van der Waals surface area contributed by atoms with Gasteiger partial charge in [-0.25, -0.2) is 8.42 Å².